The second kappa shape index (κ2) is 3.92. The van der Waals surface area contributed by atoms with Crippen LogP contribution in [0.3, 0.4) is 0 Å². The van der Waals surface area contributed by atoms with E-state index in [9.17, 15) is 4.79 Å². The first-order chi connectivity index (χ1) is 7.18. The van der Waals surface area contributed by atoms with Crippen LogP contribution in [-0.2, 0) is 7.05 Å². The van der Waals surface area contributed by atoms with Gasteiger partial charge in [0.1, 0.15) is 0 Å². The van der Waals surface area contributed by atoms with E-state index >= 15 is 0 Å². The Balaban J connectivity index is 2.16. The monoisotopic (exact) mass is 208 g/mol. The highest BCUT2D eigenvalue weighted by molar-refractivity contribution is 5.97. The van der Waals surface area contributed by atoms with E-state index in [-0.39, 0.29) is 5.91 Å². The van der Waals surface area contributed by atoms with Crippen molar-refractivity contribution in [1.82, 2.24) is 14.7 Å². The van der Waals surface area contributed by atoms with Crippen LogP contribution in [0.1, 0.15) is 29.8 Å². The second-order valence-electron chi connectivity index (χ2n) is 3.96. The number of hydrogen-bond donors (Lipinski definition) is 1. The van der Waals surface area contributed by atoms with E-state index in [1.807, 2.05) is 4.90 Å². The van der Waals surface area contributed by atoms with Crippen LogP contribution in [0.15, 0.2) is 6.20 Å². The maximum atomic E-state index is 12.0. The zero-order valence-corrected chi connectivity index (χ0v) is 8.94. The highest BCUT2D eigenvalue weighted by atomic mass is 16.2. The van der Waals surface area contributed by atoms with Crippen LogP contribution in [0.5, 0.6) is 0 Å². The molecular formula is C10H16N4O. The molecule has 2 N–H and O–H groups in total. The largest absolute Gasteiger partial charge is 0.396 e. The molecule has 0 spiro atoms. The van der Waals surface area contributed by atoms with Crippen LogP contribution in [0.2, 0.25) is 0 Å². The van der Waals surface area contributed by atoms with Crippen LogP contribution in [0, 0.1) is 0 Å². The fourth-order valence-corrected chi connectivity index (χ4v) is 1.92. The Morgan fingerprint density at radius 3 is 2.60 bits per heavy atom. The van der Waals surface area contributed by atoms with E-state index in [4.69, 9.17) is 5.73 Å². The van der Waals surface area contributed by atoms with Gasteiger partial charge in [0, 0.05) is 26.3 Å². The summed E-state index contributed by atoms with van der Waals surface area (Å²) in [5.74, 6) is -0.0344. The summed E-state index contributed by atoms with van der Waals surface area (Å²) in [6, 6.07) is 0. The molecule has 0 unspecified atom stereocenters. The molecule has 82 valence electrons. The van der Waals surface area contributed by atoms with Gasteiger partial charge in [-0.15, -0.1) is 0 Å². The van der Waals surface area contributed by atoms with Crippen LogP contribution in [-0.4, -0.2) is 33.7 Å². The molecule has 2 rings (SSSR count). The summed E-state index contributed by atoms with van der Waals surface area (Å²) >= 11 is 0. The van der Waals surface area contributed by atoms with Gasteiger partial charge < -0.3 is 10.6 Å². The molecule has 0 bridgehead atoms. The number of carbonyl (C=O) groups is 1. The van der Waals surface area contributed by atoms with Crippen LogP contribution in [0.25, 0.3) is 0 Å². The predicted molar refractivity (Wildman–Crippen MR) is 57.4 cm³/mol. The lowest BCUT2D eigenvalue weighted by molar-refractivity contribution is 0.0718. The predicted octanol–water partition coefficient (Wildman–Crippen LogP) is 0.628. The van der Waals surface area contributed by atoms with Gasteiger partial charge in [0.2, 0.25) is 0 Å². The number of nitrogens with two attached hydrogens (primary N) is 1. The van der Waals surface area contributed by atoms with Crippen molar-refractivity contribution in [3.63, 3.8) is 0 Å². The van der Waals surface area contributed by atoms with E-state index in [1.165, 1.54) is 6.42 Å². The van der Waals surface area contributed by atoms with Gasteiger partial charge in [-0.25, -0.2) is 0 Å². The minimum atomic E-state index is -0.0344. The molecule has 0 saturated carbocycles. The number of nitrogen functional groups attached to an aromatic ring is 1. The molecule has 0 radical (unpaired) electrons. The van der Waals surface area contributed by atoms with E-state index in [2.05, 4.69) is 5.10 Å². The summed E-state index contributed by atoms with van der Waals surface area (Å²) in [4.78, 5) is 13.8. The van der Waals surface area contributed by atoms with E-state index in [1.54, 1.807) is 17.9 Å². The van der Waals surface area contributed by atoms with Crippen molar-refractivity contribution in [2.24, 2.45) is 7.05 Å². The Labute approximate surface area is 88.8 Å². The summed E-state index contributed by atoms with van der Waals surface area (Å²) in [6.07, 6.45) is 5.04. The van der Waals surface area contributed by atoms with Gasteiger partial charge in [0.25, 0.3) is 5.91 Å². The SMILES string of the molecule is Cn1cc(N)c(C(=O)N2CCCCC2)n1. The number of piperidine rings is 1. The molecule has 1 aliphatic rings. The number of amides is 1. The van der Waals surface area contributed by atoms with Gasteiger partial charge in [-0.1, -0.05) is 0 Å². The molecule has 0 atom stereocenters. The number of rotatable bonds is 1. The quantitative estimate of drug-likeness (QED) is 0.736. The highest BCUT2D eigenvalue weighted by Crippen LogP contribution is 2.15. The maximum Gasteiger partial charge on any atom is 0.276 e. The first kappa shape index (κ1) is 10.0. The zero-order valence-electron chi connectivity index (χ0n) is 8.94. The van der Waals surface area contributed by atoms with Gasteiger partial charge in [-0.2, -0.15) is 5.10 Å². The van der Waals surface area contributed by atoms with Crippen molar-refractivity contribution in [1.29, 1.82) is 0 Å². The average Bonchev–Trinajstić information content (AvgIpc) is 2.58. The van der Waals surface area contributed by atoms with Crippen LogP contribution >= 0.6 is 0 Å². The van der Waals surface area contributed by atoms with Crippen molar-refractivity contribution < 1.29 is 4.79 Å². The van der Waals surface area contributed by atoms with Gasteiger partial charge in [0.15, 0.2) is 5.69 Å². The molecule has 1 aliphatic heterocycles. The number of aryl methyl sites for hydroxylation is 1. The number of likely N-dealkylation sites (tertiary alicyclic amines) is 1. The highest BCUT2D eigenvalue weighted by Gasteiger charge is 2.22. The van der Waals surface area contributed by atoms with Crippen molar-refractivity contribution in [2.75, 3.05) is 18.8 Å². The van der Waals surface area contributed by atoms with E-state index in [0.29, 0.717) is 11.4 Å². The summed E-state index contributed by atoms with van der Waals surface area (Å²) in [5.41, 5.74) is 6.57. The third-order valence-electron chi connectivity index (χ3n) is 2.70. The molecule has 5 heteroatoms. The lowest BCUT2D eigenvalue weighted by atomic mass is 10.1. The van der Waals surface area contributed by atoms with Gasteiger partial charge in [-0.3, -0.25) is 9.48 Å². The molecule has 0 aliphatic carbocycles. The fraction of sp³-hybridized carbons (Fsp3) is 0.600. The number of hydrogen-bond acceptors (Lipinski definition) is 3. The van der Waals surface area contributed by atoms with Crippen LogP contribution in [0.4, 0.5) is 5.69 Å². The second-order valence-corrected chi connectivity index (χ2v) is 3.96. The minimum absolute atomic E-state index is 0.0344. The Bertz CT molecular complexity index is 365. The first-order valence-electron chi connectivity index (χ1n) is 5.27. The molecule has 0 aromatic carbocycles. The molecule has 15 heavy (non-hydrogen) atoms. The zero-order chi connectivity index (χ0) is 10.8. The molecule has 1 amide bonds. The number of aromatic nitrogens is 2. The number of carbonyl (C=O) groups excluding carboxylic acids is 1. The van der Waals surface area contributed by atoms with E-state index in [0.717, 1.165) is 25.9 Å². The van der Waals surface area contributed by atoms with Gasteiger partial charge in [-0.05, 0) is 19.3 Å². The summed E-state index contributed by atoms with van der Waals surface area (Å²) in [5, 5.41) is 4.09. The Kier molecular flexibility index (Phi) is 2.62. The Hall–Kier alpha value is -1.52. The third-order valence-corrected chi connectivity index (χ3v) is 2.70. The topological polar surface area (TPSA) is 64.2 Å². The molecule has 1 aromatic rings. The standard InChI is InChI=1S/C10H16N4O/c1-13-7-8(11)9(12-13)10(15)14-5-3-2-4-6-14/h7H,2-6,11H2,1H3. The lowest BCUT2D eigenvalue weighted by Crippen LogP contribution is -2.36. The minimum Gasteiger partial charge on any atom is -0.396 e. The molecule has 1 saturated heterocycles. The number of nitrogens with zero attached hydrogens (tertiary/aromatic N) is 3. The van der Waals surface area contributed by atoms with Crippen molar-refractivity contribution in [2.45, 2.75) is 19.3 Å². The smallest absolute Gasteiger partial charge is 0.276 e. The van der Waals surface area contributed by atoms with Crippen molar-refractivity contribution in [3.05, 3.63) is 11.9 Å². The summed E-state index contributed by atoms with van der Waals surface area (Å²) in [7, 11) is 1.77. The molecule has 2 heterocycles. The fourth-order valence-electron chi connectivity index (χ4n) is 1.92. The van der Waals surface area contributed by atoms with Gasteiger partial charge in [0.05, 0.1) is 5.69 Å². The molecule has 1 aromatic heterocycles. The van der Waals surface area contributed by atoms with Crippen molar-refractivity contribution in [3.8, 4) is 0 Å². The third kappa shape index (κ3) is 1.95. The molecule has 1 fully saturated rings. The first-order valence-corrected chi connectivity index (χ1v) is 5.27. The molecular weight excluding hydrogens is 192 g/mol. The number of anilines is 1. The lowest BCUT2D eigenvalue weighted by Gasteiger charge is -2.25. The normalized spacial score (nSPS) is 16.7. The average molecular weight is 208 g/mol. The molecule has 5 nitrogen and oxygen atoms in total. The Morgan fingerprint density at radius 1 is 1.40 bits per heavy atom. The van der Waals surface area contributed by atoms with Crippen LogP contribution < -0.4 is 5.73 Å². The van der Waals surface area contributed by atoms with E-state index < -0.39 is 0 Å². The van der Waals surface area contributed by atoms with Gasteiger partial charge >= 0.3 is 0 Å². The summed E-state index contributed by atoms with van der Waals surface area (Å²) in [6.45, 7) is 1.66. The summed E-state index contributed by atoms with van der Waals surface area (Å²) < 4.78 is 1.58. The Morgan fingerprint density at radius 2 is 2.07 bits per heavy atom. The maximum absolute atomic E-state index is 12.0. The van der Waals surface area contributed by atoms with Crippen molar-refractivity contribution >= 4 is 11.6 Å².